The number of thiazole rings is 1. The summed E-state index contributed by atoms with van der Waals surface area (Å²) in [7, 11) is 0. The van der Waals surface area contributed by atoms with Gasteiger partial charge in [-0.2, -0.15) is 0 Å². The normalized spacial score (nSPS) is 10.4. The lowest BCUT2D eigenvalue weighted by Crippen LogP contribution is -2.07. The molecule has 0 spiro atoms. The molecule has 0 fully saturated rings. The molecule has 0 atom stereocenters. The lowest BCUT2D eigenvalue weighted by Gasteiger charge is -2.05. The van der Waals surface area contributed by atoms with Gasteiger partial charge in [0, 0.05) is 6.42 Å². The van der Waals surface area contributed by atoms with Crippen LogP contribution in [0.15, 0.2) is 28.2 Å². The third-order valence-corrected chi connectivity index (χ3v) is 4.50. The summed E-state index contributed by atoms with van der Waals surface area (Å²) in [6.07, 6.45) is 0.485. The first-order valence-corrected chi connectivity index (χ1v) is 8.74. The van der Waals surface area contributed by atoms with Crippen LogP contribution in [0.1, 0.15) is 45.1 Å². The van der Waals surface area contributed by atoms with E-state index >= 15 is 0 Å². The number of carbonyl (C=O) groups excluding carboxylic acids is 2. The van der Waals surface area contributed by atoms with Gasteiger partial charge in [-0.15, -0.1) is 0 Å². The van der Waals surface area contributed by atoms with Gasteiger partial charge in [-0.25, -0.2) is 14.6 Å². The van der Waals surface area contributed by atoms with Crippen molar-refractivity contribution in [1.29, 1.82) is 0 Å². The van der Waals surface area contributed by atoms with Gasteiger partial charge in [0.1, 0.15) is 4.88 Å². The summed E-state index contributed by atoms with van der Waals surface area (Å²) in [5.41, 5.74) is 2.10. The Morgan fingerprint density at radius 2 is 1.70 bits per heavy atom. The summed E-state index contributed by atoms with van der Waals surface area (Å²) in [5, 5.41) is 0. The predicted molar refractivity (Wildman–Crippen MR) is 91.0 cm³/mol. The molecule has 0 radical (unpaired) electrons. The molecule has 122 valence electrons. The van der Waals surface area contributed by atoms with E-state index in [9.17, 15) is 9.59 Å². The fourth-order valence-corrected chi connectivity index (χ4v) is 3.37. The Kier molecular flexibility index (Phi) is 6.29. The summed E-state index contributed by atoms with van der Waals surface area (Å²) >= 11 is 4.56. The van der Waals surface area contributed by atoms with E-state index in [1.54, 1.807) is 26.0 Å². The van der Waals surface area contributed by atoms with E-state index in [-0.39, 0.29) is 11.9 Å². The highest BCUT2D eigenvalue weighted by molar-refractivity contribution is 9.11. The van der Waals surface area contributed by atoms with Gasteiger partial charge in [-0.1, -0.05) is 23.5 Å². The van der Waals surface area contributed by atoms with E-state index in [0.717, 1.165) is 5.56 Å². The molecule has 0 bridgehead atoms. The Labute approximate surface area is 146 Å². The van der Waals surface area contributed by atoms with E-state index < -0.39 is 0 Å². The summed E-state index contributed by atoms with van der Waals surface area (Å²) in [6.45, 7) is 4.20. The molecule has 1 aromatic carbocycles. The van der Waals surface area contributed by atoms with Crippen molar-refractivity contribution in [1.82, 2.24) is 4.98 Å². The van der Waals surface area contributed by atoms with Crippen LogP contribution >= 0.6 is 27.3 Å². The number of ether oxygens (including phenoxy) is 2. The number of carbonyl (C=O) groups is 2. The molecule has 0 unspecified atom stereocenters. The molecule has 0 saturated carbocycles. The highest BCUT2D eigenvalue weighted by Crippen LogP contribution is 2.26. The van der Waals surface area contributed by atoms with Crippen molar-refractivity contribution in [3.8, 4) is 0 Å². The van der Waals surface area contributed by atoms with Crippen LogP contribution in [0.3, 0.4) is 0 Å². The van der Waals surface area contributed by atoms with Gasteiger partial charge in [0.05, 0.1) is 24.5 Å². The average Bonchev–Trinajstić information content (AvgIpc) is 2.89. The van der Waals surface area contributed by atoms with Crippen molar-refractivity contribution in [3.05, 3.63) is 49.9 Å². The molecule has 0 N–H and O–H groups in total. The number of halogens is 1. The molecule has 0 saturated heterocycles. The van der Waals surface area contributed by atoms with Crippen LogP contribution in [0.2, 0.25) is 0 Å². The molecule has 7 heteroatoms. The number of hydrogen-bond donors (Lipinski definition) is 0. The second-order valence-corrected chi connectivity index (χ2v) is 6.83. The topological polar surface area (TPSA) is 65.5 Å². The molecule has 0 aliphatic carbocycles. The minimum atomic E-state index is -0.367. The number of esters is 2. The maximum absolute atomic E-state index is 12.0. The van der Waals surface area contributed by atoms with Crippen molar-refractivity contribution in [3.63, 3.8) is 0 Å². The van der Waals surface area contributed by atoms with Gasteiger partial charge in [-0.3, -0.25) is 0 Å². The van der Waals surface area contributed by atoms with Gasteiger partial charge >= 0.3 is 11.9 Å². The van der Waals surface area contributed by atoms with E-state index in [0.29, 0.717) is 39.7 Å². The summed E-state index contributed by atoms with van der Waals surface area (Å²) in [4.78, 5) is 28.4. The van der Waals surface area contributed by atoms with Gasteiger partial charge in [0.25, 0.3) is 0 Å². The average molecular weight is 398 g/mol. The number of rotatable bonds is 6. The van der Waals surface area contributed by atoms with E-state index in [1.165, 1.54) is 11.3 Å². The van der Waals surface area contributed by atoms with E-state index in [2.05, 4.69) is 20.9 Å². The van der Waals surface area contributed by atoms with Gasteiger partial charge in [0.2, 0.25) is 0 Å². The Bertz CT molecular complexity index is 697. The lowest BCUT2D eigenvalue weighted by molar-refractivity contribution is 0.0519. The first-order chi connectivity index (χ1) is 11.0. The van der Waals surface area contributed by atoms with Crippen molar-refractivity contribution >= 4 is 39.2 Å². The van der Waals surface area contributed by atoms with Crippen LogP contribution in [0.25, 0.3) is 0 Å². The zero-order valence-corrected chi connectivity index (χ0v) is 15.2. The first-order valence-electron chi connectivity index (χ1n) is 7.13. The van der Waals surface area contributed by atoms with Crippen molar-refractivity contribution in [2.75, 3.05) is 13.2 Å². The molecule has 5 nitrogen and oxygen atoms in total. The van der Waals surface area contributed by atoms with Crippen molar-refractivity contribution < 1.29 is 19.1 Å². The van der Waals surface area contributed by atoms with Crippen molar-refractivity contribution in [2.24, 2.45) is 0 Å². The standard InChI is InChI=1S/C16H16BrNO4S/c1-3-21-14(19)11-7-5-10(6-8-11)9-12-13(15(20)22-4-2)23-16(17)18-12/h5-8H,3-4,9H2,1-2H3. The number of nitrogens with zero attached hydrogens (tertiary/aromatic N) is 1. The van der Waals surface area contributed by atoms with Gasteiger partial charge in [0.15, 0.2) is 3.92 Å². The molecular formula is C16H16BrNO4S. The maximum atomic E-state index is 12.0. The van der Waals surface area contributed by atoms with Crippen LogP contribution in [0, 0.1) is 0 Å². The second kappa shape index (κ2) is 8.21. The lowest BCUT2D eigenvalue weighted by atomic mass is 10.1. The Hall–Kier alpha value is -1.73. The van der Waals surface area contributed by atoms with Crippen molar-refractivity contribution in [2.45, 2.75) is 20.3 Å². The fourth-order valence-electron chi connectivity index (χ4n) is 1.97. The summed E-state index contributed by atoms with van der Waals surface area (Å²) in [5.74, 6) is -0.712. The monoisotopic (exact) mass is 397 g/mol. The SMILES string of the molecule is CCOC(=O)c1ccc(Cc2nc(Br)sc2C(=O)OCC)cc1. The number of hydrogen-bond acceptors (Lipinski definition) is 6. The predicted octanol–water partition coefficient (Wildman–Crippen LogP) is 3.85. The fraction of sp³-hybridized carbons (Fsp3) is 0.312. The van der Waals surface area contributed by atoms with E-state index in [1.807, 2.05) is 12.1 Å². The Morgan fingerprint density at radius 1 is 1.09 bits per heavy atom. The Balaban J connectivity index is 2.16. The number of aromatic nitrogens is 1. The molecule has 0 aliphatic rings. The molecule has 23 heavy (non-hydrogen) atoms. The first kappa shape index (κ1) is 17.6. The molecule has 0 aliphatic heterocycles. The largest absolute Gasteiger partial charge is 0.462 e. The maximum Gasteiger partial charge on any atom is 0.350 e. The highest BCUT2D eigenvalue weighted by atomic mass is 79.9. The summed E-state index contributed by atoms with van der Waals surface area (Å²) in [6, 6.07) is 7.07. The summed E-state index contributed by atoms with van der Waals surface area (Å²) < 4.78 is 10.6. The third-order valence-electron chi connectivity index (χ3n) is 2.97. The van der Waals surface area contributed by atoms with E-state index in [4.69, 9.17) is 9.47 Å². The van der Waals surface area contributed by atoms with Crippen LogP contribution in [0.5, 0.6) is 0 Å². The molecule has 1 heterocycles. The van der Waals surface area contributed by atoms with Crippen LogP contribution in [0.4, 0.5) is 0 Å². The van der Waals surface area contributed by atoms with Crippen LogP contribution < -0.4 is 0 Å². The Morgan fingerprint density at radius 3 is 2.30 bits per heavy atom. The molecular weight excluding hydrogens is 382 g/mol. The minimum absolute atomic E-state index is 0.321. The second-order valence-electron chi connectivity index (χ2n) is 4.56. The minimum Gasteiger partial charge on any atom is -0.462 e. The zero-order chi connectivity index (χ0) is 16.8. The molecule has 0 amide bonds. The van der Waals surface area contributed by atoms with Gasteiger partial charge in [-0.05, 0) is 47.5 Å². The van der Waals surface area contributed by atoms with Crippen LogP contribution in [-0.4, -0.2) is 30.1 Å². The van der Waals surface area contributed by atoms with Crippen LogP contribution in [-0.2, 0) is 15.9 Å². The smallest absolute Gasteiger partial charge is 0.350 e. The highest BCUT2D eigenvalue weighted by Gasteiger charge is 2.18. The van der Waals surface area contributed by atoms with Gasteiger partial charge < -0.3 is 9.47 Å². The molecule has 2 aromatic rings. The number of benzene rings is 1. The quantitative estimate of drug-likeness (QED) is 0.692. The zero-order valence-electron chi connectivity index (χ0n) is 12.8. The molecule has 2 rings (SSSR count). The molecule has 1 aromatic heterocycles. The third kappa shape index (κ3) is 4.62.